The fourth-order valence-electron chi connectivity index (χ4n) is 8.95. The summed E-state index contributed by atoms with van der Waals surface area (Å²) in [6, 6.07) is 77.5. The summed E-state index contributed by atoms with van der Waals surface area (Å²) < 4.78 is 4.99. The molecule has 290 valence electrons. The quantitative estimate of drug-likeness (QED) is 0.161. The lowest BCUT2D eigenvalue weighted by atomic mass is 9.99. The van der Waals surface area contributed by atoms with E-state index in [-0.39, 0.29) is 0 Å². The van der Waals surface area contributed by atoms with Gasteiger partial charge in [0, 0.05) is 53.2 Å². The van der Waals surface area contributed by atoms with Gasteiger partial charge in [-0.3, -0.25) is 0 Å². The van der Waals surface area contributed by atoms with Gasteiger partial charge in [0.2, 0.25) is 0 Å². The summed E-state index contributed by atoms with van der Waals surface area (Å²) in [5.74, 6) is 1.86. The van der Waals surface area contributed by atoms with Gasteiger partial charge in [-0.15, -0.1) is 11.3 Å². The van der Waals surface area contributed by atoms with Crippen LogP contribution >= 0.6 is 11.3 Å². The lowest BCUT2D eigenvalue weighted by Crippen LogP contribution is -2.02. The zero-order chi connectivity index (χ0) is 41.0. The standard InChI is InChI=1S/C57H36N4S/c1-4-16-37(17-5-1)44-32-31-43(35-51(44)61-49-27-12-10-25-48(49)54-45(26-15-28-50(54)61)38-18-6-2-7-19-38)57-59-55(39-20-8-3-9-21-39)58-56(60-57)42-23-14-22-40(34-42)41-30-33-47-46-24-11-13-29-52(46)62-53(47)36-41/h1-36H. The van der Waals surface area contributed by atoms with Crippen molar-refractivity contribution in [1.29, 1.82) is 0 Å². The van der Waals surface area contributed by atoms with Crippen molar-refractivity contribution in [2.24, 2.45) is 0 Å². The number of hydrogen-bond donors (Lipinski definition) is 0. The third-order valence-corrected chi connectivity index (χ3v) is 13.0. The van der Waals surface area contributed by atoms with Gasteiger partial charge >= 0.3 is 0 Å². The summed E-state index contributed by atoms with van der Waals surface area (Å²) in [5, 5.41) is 5.01. The van der Waals surface area contributed by atoms with E-state index in [0.29, 0.717) is 17.5 Å². The maximum atomic E-state index is 5.29. The molecule has 0 amide bonds. The molecule has 4 nitrogen and oxygen atoms in total. The van der Waals surface area contributed by atoms with E-state index in [4.69, 9.17) is 15.0 Å². The summed E-state index contributed by atoms with van der Waals surface area (Å²) in [4.78, 5) is 15.6. The molecule has 62 heavy (non-hydrogen) atoms. The van der Waals surface area contributed by atoms with Crippen LogP contribution in [-0.4, -0.2) is 19.5 Å². The third-order valence-electron chi connectivity index (χ3n) is 11.9. The highest BCUT2D eigenvalue weighted by Gasteiger charge is 2.21. The molecule has 3 aromatic heterocycles. The van der Waals surface area contributed by atoms with Crippen molar-refractivity contribution in [3.05, 3.63) is 218 Å². The van der Waals surface area contributed by atoms with Crippen LogP contribution in [0, 0.1) is 0 Å². The summed E-state index contributed by atoms with van der Waals surface area (Å²) in [6.45, 7) is 0. The Hall–Kier alpha value is -7.99. The molecular formula is C57H36N4S. The van der Waals surface area contributed by atoms with Gasteiger partial charge in [0.1, 0.15) is 0 Å². The number of aromatic nitrogens is 4. The smallest absolute Gasteiger partial charge is 0.164 e. The van der Waals surface area contributed by atoms with Crippen molar-refractivity contribution in [2.45, 2.75) is 0 Å². The monoisotopic (exact) mass is 808 g/mol. The molecule has 9 aromatic carbocycles. The highest BCUT2D eigenvalue weighted by Crippen LogP contribution is 2.42. The van der Waals surface area contributed by atoms with Crippen LogP contribution in [0.1, 0.15) is 0 Å². The molecule has 0 unspecified atom stereocenters. The van der Waals surface area contributed by atoms with Crippen molar-refractivity contribution in [3.8, 4) is 73.2 Å². The minimum Gasteiger partial charge on any atom is -0.309 e. The molecule has 0 radical (unpaired) electrons. The van der Waals surface area contributed by atoms with Crippen molar-refractivity contribution >= 4 is 53.3 Å². The first-order valence-corrected chi connectivity index (χ1v) is 21.7. The van der Waals surface area contributed by atoms with Gasteiger partial charge < -0.3 is 4.57 Å². The average molecular weight is 809 g/mol. The first kappa shape index (κ1) is 35.9. The summed E-state index contributed by atoms with van der Waals surface area (Å²) in [5.41, 5.74) is 13.0. The average Bonchev–Trinajstić information content (AvgIpc) is 3.90. The summed E-state index contributed by atoms with van der Waals surface area (Å²) in [6.07, 6.45) is 0. The zero-order valence-electron chi connectivity index (χ0n) is 33.5. The number of nitrogens with zero attached hydrogens (tertiary/aromatic N) is 4. The molecule has 0 fully saturated rings. The second-order valence-corrected chi connectivity index (χ2v) is 16.7. The largest absolute Gasteiger partial charge is 0.309 e. The molecule has 0 aliphatic carbocycles. The molecule has 0 N–H and O–H groups in total. The van der Waals surface area contributed by atoms with Crippen molar-refractivity contribution in [3.63, 3.8) is 0 Å². The predicted molar refractivity (Wildman–Crippen MR) is 260 cm³/mol. The van der Waals surface area contributed by atoms with Crippen LogP contribution in [0.3, 0.4) is 0 Å². The van der Waals surface area contributed by atoms with Crippen LogP contribution in [0.2, 0.25) is 0 Å². The molecular weight excluding hydrogens is 773 g/mol. The molecule has 5 heteroatoms. The van der Waals surface area contributed by atoms with Crippen LogP contribution in [0.5, 0.6) is 0 Å². The minimum atomic E-state index is 0.609. The van der Waals surface area contributed by atoms with E-state index in [9.17, 15) is 0 Å². The fraction of sp³-hybridized carbons (Fsp3) is 0. The van der Waals surface area contributed by atoms with Crippen molar-refractivity contribution in [2.75, 3.05) is 0 Å². The molecule has 0 atom stereocenters. The number of fused-ring (bicyclic) bond motifs is 6. The minimum absolute atomic E-state index is 0.609. The van der Waals surface area contributed by atoms with E-state index in [0.717, 1.165) is 55.7 Å². The topological polar surface area (TPSA) is 43.6 Å². The van der Waals surface area contributed by atoms with Gasteiger partial charge in [-0.2, -0.15) is 0 Å². The summed E-state index contributed by atoms with van der Waals surface area (Å²) >= 11 is 1.84. The maximum absolute atomic E-state index is 5.29. The number of hydrogen-bond acceptors (Lipinski definition) is 4. The Morgan fingerprint density at radius 2 is 0.823 bits per heavy atom. The van der Waals surface area contributed by atoms with E-state index >= 15 is 0 Å². The first-order chi connectivity index (χ1) is 30.7. The number of rotatable bonds is 7. The van der Waals surface area contributed by atoms with Crippen LogP contribution in [-0.2, 0) is 0 Å². The van der Waals surface area contributed by atoms with Crippen LogP contribution in [0.4, 0.5) is 0 Å². The molecule has 0 aliphatic heterocycles. The van der Waals surface area contributed by atoms with Gasteiger partial charge in [0.15, 0.2) is 17.5 Å². The van der Waals surface area contributed by atoms with E-state index in [1.807, 2.05) is 29.5 Å². The Kier molecular flexibility index (Phi) is 8.65. The second-order valence-electron chi connectivity index (χ2n) is 15.6. The molecule has 0 spiro atoms. The Morgan fingerprint density at radius 1 is 0.306 bits per heavy atom. The fourth-order valence-corrected chi connectivity index (χ4v) is 10.1. The van der Waals surface area contributed by atoms with E-state index in [1.54, 1.807) is 0 Å². The number of para-hydroxylation sites is 1. The second kappa shape index (κ2) is 14.9. The third kappa shape index (κ3) is 6.18. The Labute approximate surface area is 362 Å². The normalized spacial score (nSPS) is 11.5. The molecule has 3 heterocycles. The zero-order valence-corrected chi connectivity index (χ0v) is 34.3. The molecule has 0 bridgehead atoms. The SMILES string of the molecule is c1ccc(-c2nc(-c3cccc(-c4ccc5c(c4)sc4ccccc45)c3)nc(-c3ccc(-c4ccccc4)c(-n4c5ccccc5c5c(-c6ccccc6)cccc54)c3)n2)cc1. The molecule has 0 saturated carbocycles. The predicted octanol–water partition coefficient (Wildman–Crippen LogP) is 15.3. The highest BCUT2D eigenvalue weighted by molar-refractivity contribution is 7.25. The number of benzene rings is 9. The van der Waals surface area contributed by atoms with Gasteiger partial charge in [-0.1, -0.05) is 182 Å². The number of thiophene rings is 1. The van der Waals surface area contributed by atoms with Crippen LogP contribution < -0.4 is 0 Å². The van der Waals surface area contributed by atoms with Gasteiger partial charge in [-0.05, 0) is 64.2 Å². The van der Waals surface area contributed by atoms with E-state index < -0.39 is 0 Å². The van der Waals surface area contributed by atoms with Crippen molar-refractivity contribution < 1.29 is 0 Å². The lowest BCUT2D eigenvalue weighted by molar-refractivity contribution is 1.07. The van der Waals surface area contributed by atoms with E-state index in [2.05, 4.69) is 205 Å². The molecule has 12 aromatic rings. The Bertz CT molecular complexity index is 3630. The van der Waals surface area contributed by atoms with Crippen molar-refractivity contribution in [1.82, 2.24) is 19.5 Å². The summed E-state index contributed by atoms with van der Waals surface area (Å²) in [7, 11) is 0. The Balaban J connectivity index is 1.05. The van der Waals surface area contributed by atoms with E-state index in [1.165, 1.54) is 42.1 Å². The van der Waals surface area contributed by atoms with Crippen LogP contribution in [0.25, 0.3) is 115 Å². The van der Waals surface area contributed by atoms with Gasteiger partial charge in [-0.25, -0.2) is 15.0 Å². The van der Waals surface area contributed by atoms with Crippen LogP contribution in [0.15, 0.2) is 218 Å². The lowest BCUT2D eigenvalue weighted by Gasteiger charge is -2.16. The van der Waals surface area contributed by atoms with Gasteiger partial charge in [0.05, 0.1) is 16.7 Å². The molecule has 12 rings (SSSR count). The van der Waals surface area contributed by atoms with Gasteiger partial charge in [0.25, 0.3) is 0 Å². The first-order valence-electron chi connectivity index (χ1n) is 20.8. The molecule has 0 aliphatic rings. The highest BCUT2D eigenvalue weighted by atomic mass is 32.1. The Morgan fingerprint density at radius 3 is 1.58 bits per heavy atom. The maximum Gasteiger partial charge on any atom is 0.164 e. The molecule has 0 saturated heterocycles.